The number of carboxylic acid groups (broad SMARTS) is 1. The first kappa shape index (κ1) is 19.5. The largest absolute Gasteiger partial charge is 0.477 e. The van der Waals surface area contributed by atoms with E-state index in [-0.39, 0.29) is 16.4 Å². The summed E-state index contributed by atoms with van der Waals surface area (Å²) >= 11 is 0. The Hall–Kier alpha value is -2.87. The Labute approximate surface area is 152 Å². The Morgan fingerprint density at radius 1 is 1.15 bits per heavy atom. The van der Waals surface area contributed by atoms with Crippen LogP contribution in [0.3, 0.4) is 0 Å². The number of hydrogen-bond donors (Lipinski definition) is 1. The van der Waals surface area contributed by atoms with Gasteiger partial charge in [0.05, 0.1) is 0 Å². The number of hydrogen-bond acceptors (Lipinski definition) is 6. The first-order valence-corrected chi connectivity index (χ1v) is 9.31. The van der Waals surface area contributed by atoms with Gasteiger partial charge in [0.15, 0.2) is 5.75 Å². The third kappa shape index (κ3) is 4.60. The van der Waals surface area contributed by atoms with E-state index in [4.69, 9.17) is 9.29 Å². The average molecular weight is 376 g/mol. The number of rotatable bonds is 7. The van der Waals surface area contributed by atoms with Gasteiger partial charge in [-0.05, 0) is 45.0 Å². The maximum atomic E-state index is 12.5. The predicted octanol–water partition coefficient (Wildman–Crippen LogP) is 3.05. The first-order valence-electron chi connectivity index (χ1n) is 7.91. The molecule has 2 aromatic carbocycles. The summed E-state index contributed by atoms with van der Waals surface area (Å²) in [6.07, 6.45) is 0. The van der Waals surface area contributed by atoms with Crippen molar-refractivity contribution in [1.82, 2.24) is 0 Å². The van der Waals surface area contributed by atoms with Crippen LogP contribution in [0.4, 0.5) is 5.69 Å². The molecule has 0 atom stereocenters. The molecule has 2 rings (SSSR count). The van der Waals surface area contributed by atoms with E-state index in [9.17, 15) is 13.2 Å². The molecule has 0 saturated carbocycles. The minimum Gasteiger partial charge on any atom is -0.477 e. The number of hydrazone groups is 1. The second-order valence-electron chi connectivity index (χ2n) is 5.52. The molecule has 0 fully saturated rings. The van der Waals surface area contributed by atoms with E-state index in [0.717, 1.165) is 5.56 Å². The highest BCUT2D eigenvalue weighted by atomic mass is 32.2. The average Bonchev–Trinajstić information content (AvgIpc) is 2.60. The van der Waals surface area contributed by atoms with Crippen LogP contribution in [0.25, 0.3) is 0 Å². The molecule has 138 valence electrons. The molecule has 0 radical (unpaired) electrons. The fraction of sp³-hybridized carbons (Fsp3) is 0.222. The van der Waals surface area contributed by atoms with Crippen molar-refractivity contribution in [2.75, 3.05) is 11.6 Å². The Morgan fingerprint density at radius 3 is 2.35 bits per heavy atom. The molecule has 0 spiro atoms. The second-order valence-corrected chi connectivity index (χ2v) is 7.07. The number of carbonyl (C=O) groups is 1. The van der Waals surface area contributed by atoms with Crippen molar-refractivity contribution in [3.63, 3.8) is 0 Å². The molecule has 0 aliphatic carbocycles. The van der Waals surface area contributed by atoms with Crippen LogP contribution in [0.5, 0.6) is 5.75 Å². The van der Waals surface area contributed by atoms with Crippen LogP contribution in [0.1, 0.15) is 19.4 Å². The van der Waals surface area contributed by atoms with Crippen molar-refractivity contribution < 1.29 is 22.5 Å². The van der Waals surface area contributed by atoms with Crippen molar-refractivity contribution in [1.29, 1.82) is 0 Å². The summed E-state index contributed by atoms with van der Waals surface area (Å²) in [6.45, 7) is 5.31. The number of anilines is 1. The van der Waals surface area contributed by atoms with E-state index in [2.05, 4.69) is 5.10 Å². The van der Waals surface area contributed by atoms with Crippen molar-refractivity contribution in [3.8, 4) is 5.75 Å². The Balaban J connectivity index is 2.41. The topological polar surface area (TPSA) is 96.3 Å². The summed E-state index contributed by atoms with van der Waals surface area (Å²) < 4.78 is 30.4. The van der Waals surface area contributed by atoms with E-state index < -0.39 is 16.1 Å². The third-order valence-corrected chi connectivity index (χ3v) is 4.78. The van der Waals surface area contributed by atoms with Crippen LogP contribution < -0.4 is 9.19 Å². The number of para-hydroxylation sites is 2. The van der Waals surface area contributed by atoms with Crippen molar-refractivity contribution in [2.45, 2.75) is 25.7 Å². The van der Waals surface area contributed by atoms with Gasteiger partial charge in [-0.2, -0.15) is 13.5 Å². The van der Waals surface area contributed by atoms with Crippen LogP contribution in [0.2, 0.25) is 0 Å². The monoisotopic (exact) mass is 376 g/mol. The minimum absolute atomic E-state index is 0.0335. The van der Waals surface area contributed by atoms with Gasteiger partial charge in [-0.3, -0.25) is 5.01 Å². The Bertz CT molecular complexity index is 921. The highest BCUT2D eigenvalue weighted by Gasteiger charge is 2.20. The Morgan fingerprint density at radius 2 is 1.77 bits per heavy atom. The zero-order chi connectivity index (χ0) is 19.3. The highest BCUT2D eigenvalue weighted by molar-refractivity contribution is 7.87. The maximum Gasteiger partial charge on any atom is 0.351 e. The molecule has 0 aliphatic rings. The zero-order valence-corrected chi connectivity index (χ0v) is 15.5. The lowest BCUT2D eigenvalue weighted by atomic mass is 10.2. The van der Waals surface area contributed by atoms with Crippen LogP contribution in [0, 0.1) is 6.92 Å². The van der Waals surface area contributed by atoms with E-state index in [1.165, 1.54) is 30.1 Å². The summed E-state index contributed by atoms with van der Waals surface area (Å²) in [4.78, 5) is 11.1. The number of nitrogens with zero attached hydrogens (tertiary/aromatic N) is 2. The SMILES string of the molecule is CCN(N=C(C)C(=O)O)c1ccccc1OS(=O)(=O)c1ccc(C)cc1. The molecule has 0 aromatic heterocycles. The second kappa shape index (κ2) is 8.01. The third-order valence-electron chi connectivity index (χ3n) is 3.53. The van der Waals surface area contributed by atoms with Crippen LogP contribution in [-0.2, 0) is 14.9 Å². The summed E-state index contributed by atoms with van der Waals surface area (Å²) in [7, 11) is -4.03. The summed E-state index contributed by atoms with van der Waals surface area (Å²) in [5, 5.41) is 14.4. The number of aryl methyl sites for hydroxylation is 1. The molecule has 1 N–H and O–H groups in total. The molecule has 2 aromatic rings. The van der Waals surface area contributed by atoms with E-state index in [1.54, 1.807) is 37.3 Å². The van der Waals surface area contributed by atoms with Gasteiger partial charge in [0, 0.05) is 6.54 Å². The zero-order valence-electron chi connectivity index (χ0n) is 14.7. The first-order chi connectivity index (χ1) is 12.2. The number of aliphatic carboxylic acids is 1. The molecule has 0 unspecified atom stereocenters. The van der Waals surface area contributed by atoms with Gasteiger partial charge in [-0.1, -0.05) is 29.8 Å². The number of benzene rings is 2. The molecule has 0 saturated heterocycles. The smallest absolute Gasteiger partial charge is 0.351 e. The predicted molar refractivity (Wildman–Crippen MR) is 99.2 cm³/mol. The molecule has 8 heteroatoms. The van der Waals surface area contributed by atoms with Crippen molar-refractivity contribution in [2.24, 2.45) is 5.10 Å². The van der Waals surface area contributed by atoms with Gasteiger partial charge in [0.25, 0.3) is 0 Å². The van der Waals surface area contributed by atoms with E-state index in [0.29, 0.717) is 12.2 Å². The lowest BCUT2D eigenvalue weighted by molar-refractivity contribution is -0.129. The van der Waals surface area contributed by atoms with Gasteiger partial charge >= 0.3 is 16.1 Å². The molecular formula is C18H20N2O5S. The van der Waals surface area contributed by atoms with Crippen molar-refractivity contribution in [3.05, 3.63) is 54.1 Å². The molecular weight excluding hydrogens is 356 g/mol. The van der Waals surface area contributed by atoms with Gasteiger partial charge < -0.3 is 9.29 Å². The van der Waals surface area contributed by atoms with Gasteiger partial charge in [-0.15, -0.1) is 0 Å². The fourth-order valence-corrected chi connectivity index (χ4v) is 3.07. The maximum absolute atomic E-state index is 12.5. The summed E-state index contributed by atoms with van der Waals surface area (Å²) in [5.74, 6) is -1.09. The molecule has 0 aliphatic heterocycles. The van der Waals surface area contributed by atoms with E-state index >= 15 is 0 Å². The molecule has 0 heterocycles. The minimum atomic E-state index is -4.03. The molecule has 0 amide bonds. The fourth-order valence-electron chi connectivity index (χ4n) is 2.13. The molecule has 26 heavy (non-hydrogen) atoms. The van der Waals surface area contributed by atoms with Gasteiger partial charge in [-0.25, -0.2) is 4.79 Å². The quantitative estimate of drug-likeness (QED) is 0.453. The standard InChI is InChI=1S/C18H20N2O5S/c1-4-20(19-14(3)18(21)22)16-7-5-6-8-17(16)25-26(23,24)15-11-9-13(2)10-12-15/h5-12H,4H2,1-3H3,(H,21,22). The summed E-state index contributed by atoms with van der Waals surface area (Å²) in [6, 6.07) is 12.7. The molecule has 7 nitrogen and oxygen atoms in total. The lowest BCUT2D eigenvalue weighted by Gasteiger charge is -2.20. The Kier molecular flexibility index (Phi) is 5.99. The van der Waals surface area contributed by atoms with Crippen LogP contribution in [0.15, 0.2) is 58.5 Å². The number of carboxylic acids is 1. The van der Waals surface area contributed by atoms with Crippen LogP contribution >= 0.6 is 0 Å². The normalized spacial score (nSPS) is 11.9. The van der Waals surface area contributed by atoms with E-state index in [1.807, 2.05) is 6.92 Å². The van der Waals surface area contributed by atoms with Gasteiger partial charge in [0.2, 0.25) is 0 Å². The summed E-state index contributed by atoms with van der Waals surface area (Å²) in [5.41, 5.74) is 1.16. The lowest BCUT2D eigenvalue weighted by Crippen LogP contribution is -2.22. The highest BCUT2D eigenvalue weighted by Crippen LogP contribution is 2.31. The van der Waals surface area contributed by atoms with Crippen molar-refractivity contribution >= 4 is 27.5 Å². The van der Waals surface area contributed by atoms with Gasteiger partial charge in [0.1, 0.15) is 16.3 Å². The van der Waals surface area contributed by atoms with Crippen LogP contribution in [-0.4, -0.2) is 31.8 Å². The molecule has 0 bridgehead atoms.